The molecule has 0 radical (unpaired) electrons. The zero-order valence-corrected chi connectivity index (χ0v) is 9.24. The Morgan fingerprint density at radius 3 is 3.08 bits per heavy atom. The number of carbonyl (C=O) groups is 1. The molecule has 2 bridgehead atoms. The molecule has 1 fully saturated rings. The molecule has 2 aliphatic rings. The minimum Gasteiger partial charge on any atom is -0.299 e. The normalized spacial score (nSPS) is 29.5. The predicted octanol–water partition coefficient (Wildman–Crippen LogP) is 2.83. The molecule has 0 unspecified atom stereocenters. The Morgan fingerprint density at radius 2 is 2.23 bits per heavy atom. The van der Waals surface area contributed by atoms with Gasteiger partial charge in [0.2, 0.25) is 0 Å². The third-order valence-electron chi connectivity index (χ3n) is 3.23. The van der Waals surface area contributed by atoms with E-state index < -0.39 is 0 Å². The zero-order chi connectivity index (χ0) is 9.00. The van der Waals surface area contributed by atoms with Gasteiger partial charge in [-0.3, -0.25) is 4.79 Å². The van der Waals surface area contributed by atoms with E-state index in [-0.39, 0.29) is 5.92 Å². The maximum atomic E-state index is 11.5. The van der Waals surface area contributed by atoms with Gasteiger partial charge < -0.3 is 0 Å². The van der Waals surface area contributed by atoms with Crippen LogP contribution < -0.4 is 0 Å². The van der Waals surface area contributed by atoms with E-state index in [1.807, 2.05) is 0 Å². The number of hydrogen-bond acceptors (Lipinski definition) is 1. The predicted molar refractivity (Wildman–Crippen MR) is 58.9 cm³/mol. The molecule has 0 heterocycles. The second kappa shape index (κ2) is 2.56. The first-order valence-corrected chi connectivity index (χ1v) is 5.66. The van der Waals surface area contributed by atoms with Crippen LogP contribution in [0.3, 0.4) is 0 Å². The Labute approximate surface area is 90.7 Å². The lowest BCUT2D eigenvalue weighted by Gasteiger charge is -2.15. The van der Waals surface area contributed by atoms with Crippen LogP contribution in [0, 0.1) is 3.57 Å². The number of ketones is 1. The number of fused-ring (bicyclic) bond motifs is 5. The van der Waals surface area contributed by atoms with Crippen LogP contribution in [0.4, 0.5) is 0 Å². The molecule has 2 heteroatoms. The highest BCUT2D eigenvalue weighted by Gasteiger charge is 2.43. The van der Waals surface area contributed by atoms with E-state index in [0.29, 0.717) is 11.7 Å². The molecule has 1 saturated carbocycles. The van der Waals surface area contributed by atoms with Crippen molar-refractivity contribution in [3.8, 4) is 0 Å². The first kappa shape index (κ1) is 7.97. The van der Waals surface area contributed by atoms with Crippen LogP contribution in [0.2, 0.25) is 0 Å². The lowest BCUT2D eigenvalue weighted by atomic mass is 9.91. The minimum absolute atomic E-state index is 0.245. The number of halogens is 1. The van der Waals surface area contributed by atoms with Crippen LogP contribution >= 0.6 is 22.6 Å². The molecule has 0 N–H and O–H groups in total. The molecule has 0 aliphatic heterocycles. The Balaban J connectivity index is 2.26. The van der Waals surface area contributed by atoms with E-state index in [9.17, 15) is 4.79 Å². The molecule has 66 valence electrons. The standard InChI is InChI=1S/C11H9IO/c12-9-3-1-2-7-8-4-6(11(7)9)5-10(8)13/h1-3,6,8H,4-5H2/t6-,8-/m0/s1. The molecule has 0 amide bonds. The van der Waals surface area contributed by atoms with E-state index in [2.05, 4.69) is 40.8 Å². The highest BCUT2D eigenvalue weighted by atomic mass is 127. The van der Waals surface area contributed by atoms with Crippen LogP contribution in [0.25, 0.3) is 0 Å². The highest BCUT2D eigenvalue weighted by Crippen LogP contribution is 2.52. The van der Waals surface area contributed by atoms with Gasteiger partial charge in [0, 0.05) is 15.9 Å². The smallest absolute Gasteiger partial charge is 0.140 e. The van der Waals surface area contributed by atoms with Crippen molar-refractivity contribution >= 4 is 28.4 Å². The molecule has 2 aliphatic carbocycles. The molecule has 0 saturated heterocycles. The number of benzene rings is 1. The van der Waals surface area contributed by atoms with Crippen molar-refractivity contribution in [3.05, 3.63) is 32.9 Å². The summed E-state index contributed by atoms with van der Waals surface area (Å²) in [7, 11) is 0. The molecular weight excluding hydrogens is 275 g/mol. The van der Waals surface area contributed by atoms with E-state index in [1.54, 1.807) is 0 Å². The molecule has 1 nitrogen and oxygen atoms in total. The average Bonchev–Trinajstić information content (AvgIpc) is 2.61. The third-order valence-corrected chi connectivity index (χ3v) is 4.17. The SMILES string of the molecule is O=C1C[C@@H]2C[C@H]1c1cccc(I)c12. The number of rotatable bonds is 0. The van der Waals surface area contributed by atoms with Crippen LogP contribution in [-0.2, 0) is 4.79 Å². The fourth-order valence-corrected chi connectivity index (χ4v) is 3.65. The second-order valence-corrected chi connectivity index (χ2v) is 5.06. The summed E-state index contributed by atoms with van der Waals surface area (Å²) in [6.07, 6.45) is 1.87. The zero-order valence-electron chi connectivity index (χ0n) is 7.09. The van der Waals surface area contributed by atoms with Gasteiger partial charge in [0.15, 0.2) is 0 Å². The van der Waals surface area contributed by atoms with E-state index in [0.717, 1.165) is 12.8 Å². The van der Waals surface area contributed by atoms with Crippen LogP contribution in [0.5, 0.6) is 0 Å². The minimum atomic E-state index is 0.245. The quantitative estimate of drug-likeness (QED) is 0.669. The Hall–Kier alpha value is -0.380. The molecule has 3 rings (SSSR count). The first-order chi connectivity index (χ1) is 6.27. The van der Waals surface area contributed by atoms with Crippen molar-refractivity contribution < 1.29 is 4.79 Å². The maximum absolute atomic E-state index is 11.5. The van der Waals surface area contributed by atoms with Crippen molar-refractivity contribution in [2.24, 2.45) is 0 Å². The van der Waals surface area contributed by atoms with Crippen molar-refractivity contribution in [3.63, 3.8) is 0 Å². The van der Waals surface area contributed by atoms with Gasteiger partial charge in [-0.15, -0.1) is 0 Å². The van der Waals surface area contributed by atoms with Gasteiger partial charge in [0.1, 0.15) is 5.78 Å². The molecular formula is C11H9IO. The van der Waals surface area contributed by atoms with Gasteiger partial charge in [0.05, 0.1) is 0 Å². The van der Waals surface area contributed by atoms with Gasteiger partial charge in [0.25, 0.3) is 0 Å². The van der Waals surface area contributed by atoms with Gasteiger partial charge in [-0.05, 0) is 52.1 Å². The summed E-state index contributed by atoms with van der Waals surface area (Å²) in [5, 5.41) is 0. The Morgan fingerprint density at radius 1 is 1.38 bits per heavy atom. The molecule has 1 aromatic carbocycles. The summed E-state index contributed by atoms with van der Waals surface area (Å²) in [6, 6.07) is 6.33. The lowest BCUT2D eigenvalue weighted by Crippen LogP contribution is -2.09. The van der Waals surface area contributed by atoms with Crippen molar-refractivity contribution in [2.75, 3.05) is 0 Å². The summed E-state index contributed by atoms with van der Waals surface area (Å²) >= 11 is 2.38. The monoisotopic (exact) mass is 284 g/mol. The fourth-order valence-electron chi connectivity index (χ4n) is 2.69. The average molecular weight is 284 g/mol. The van der Waals surface area contributed by atoms with Crippen molar-refractivity contribution in [2.45, 2.75) is 24.7 Å². The topological polar surface area (TPSA) is 17.1 Å². The van der Waals surface area contributed by atoms with E-state index in [4.69, 9.17) is 0 Å². The van der Waals surface area contributed by atoms with Gasteiger partial charge in [-0.25, -0.2) is 0 Å². The number of carbonyl (C=O) groups excluding carboxylic acids is 1. The van der Waals surface area contributed by atoms with Crippen LogP contribution in [0.15, 0.2) is 18.2 Å². The highest BCUT2D eigenvalue weighted by molar-refractivity contribution is 14.1. The molecule has 0 aromatic heterocycles. The van der Waals surface area contributed by atoms with Crippen molar-refractivity contribution in [1.82, 2.24) is 0 Å². The summed E-state index contributed by atoms with van der Waals surface area (Å²) in [6.45, 7) is 0. The number of hydrogen-bond donors (Lipinski definition) is 0. The molecule has 1 aromatic rings. The summed E-state index contributed by atoms with van der Waals surface area (Å²) in [5.74, 6) is 1.25. The first-order valence-electron chi connectivity index (χ1n) is 4.58. The molecule has 0 spiro atoms. The summed E-state index contributed by atoms with van der Waals surface area (Å²) < 4.78 is 1.34. The summed E-state index contributed by atoms with van der Waals surface area (Å²) in [4.78, 5) is 11.5. The van der Waals surface area contributed by atoms with Gasteiger partial charge >= 0.3 is 0 Å². The fraction of sp³-hybridized carbons (Fsp3) is 0.364. The van der Waals surface area contributed by atoms with Gasteiger partial charge in [-0.1, -0.05) is 12.1 Å². The van der Waals surface area contributed by atoms with Crippen molar-refractivity contribution in [1.29, 1.82) is 0 Å². The summed E-state index contributed by atoms with van der Waals surface area (Å²) in [5.41, 5.74) is 2.78. The van der Waals surface area contributed by atoms with Crippen LogP contribution in [-0.4, -0.2) is 5.78 Å². The Kier molecular flexibility index (Phi) is 1.57. The molecule has 13 heavy (non-hydrogen) atoms. The molecule has 2 atom stereocenters. The maximum Gasteiger partial charge on any atom is 0.140 e. The van der Waals surface area contributed by atoms with Crippen LogP contribution in [0.1, 0.15) is 35.8 Å². The number of Topliss-reactive ketones (excluding diaryl/α,β-unsaturated/α-hetero) is 1. The second-order valence-electron chi connectivity index (χ2n) is 3.90. The Bertz CT molecular complexity index is 397. The largest absolute Gasteiger partial charge is 0.299 e. The lowest BCUT2D eigenvalue weighted by molar-refractivity contribution is -0.118. The van der Waals surface area contributed by atoms with E-state index >= 15 is 0 Å². The van der Waals surface area contributed by atoms with Gasteiger partial charge in [-0.2, -0.15) is 0 Å². The third kappa shape index (κ3) is 0.951. The van der Waals surface area contributed by atoms with E-state index in [1.165, 1.54) is 14.7 Å².